The molecular formula is C11H14N2OS. The molecule has 0 radical (unpaired) electrons. The van der Waals surface area contributed by atoms with Crippen LogP contribution >= 0.6 is 11.8 Å². The molecule has 0 N–H and O–H groups in total. The van der Waals surface area contributed by atoms with E-state index in [9.17, 15) is 4.79 Å². The molecule has 1 aromatic rings. The summed E-state index contributed by atoms with van der Waals surface area (Å²) in [5.74, 6) is 0.233. The van der Waals surface area contributed by atoms with Crippen molar-refractivity contribution < 1.29 is 4.79 Å². The maximum atomic E-state index is 11.8. The molecule has 0 saturated carbocycles. The van der Waals surface area contributed by atoms with Gasteiger partial charge < -0.3 is 4.90 Å². The molecule has 2 atom stereocenters. The van der Waals surface area contributed by atoms with E-state index in [1.54, 1.807) is 18.0 Å². The average molecular weight is 222 g/mol. The Morgan fingerprint density at radius 3 is 2.93 bits per heavy atom. The monoisotopic (exact) mass is 222 g/mol. The lowest BCUT2D eigenvalue weighted by Gasteiger charge is -2.18. The molecule has 1 aliphatic heterocycles. The van der Waals surface area contributed by atoms with Gasteiger partial charge in [-0.05, 0) is 12.5 Å². The highest BCUT2D eigenvalue weighted by Gasteiger charge is 2.37. The van der Waals surface area contributed by atoms with E-state index in [2.05, 4.69) is 11.9 Å². The van der Waals surface area contributed by atoms with E-state index in [0.717, 1.165) is 12.0 Å². The molecule has 1 aliphatic rings. The van der Waals surface area contributed by atoms with Crippen molar-refractivity contribution in [2.45, 2.75) is 24.0 Å². The summed E-state index contributed by atoms with van der Waals surface area (Å²) in [6.07, 6.45) is 4.48. The first kappa shape index (κ1) is 10.5. The number of carbonyl (C=O) groups is 1. The number of pyridine rings is 1. The predicted octanol–water partition coefficient (Wildman–Crippen LogP) is 2.06. The van der Waals surface area contributed by atoms with Gasteiger partial charge in [-0.1, -0.05) is 13.0 Å². The SMILES string of the molecule is CC[C@@H]1S[C@@H](c2cccnc2)N(C)C1=O. The first-order valence-corrected chi connectivity index (χ1v) is 6.00. The number of hydrogen-bond acceptors (Lipinski definition) is 3. The highest BCUT2D eigenvalue weighted by Crippen LogP contribution is 2.42. The van der Waals surface area contributed by atoms with Crippen molar-refractivity contribution in [3.05, 3.63) is 30.1 Å². The first-order chi connectivity index (χ1) is 7.24. The molecule has 0 aromatic carbocycles. The molecule has 1 saturated heterocycles. The molecule has 0 aliphatic carbocycles. The van der Waals surface area contributed by atoms with Crippen molar-refractivity contribution in [3.8, 4) is 0 Å². The number of thioether (sulfide) groups is 1. The van der Waals surface area contributed by atoms with Crippen LogP contribution in [0.1, 0.15) is 24.3 Å². The lowest BCUT2D eigenvalue weighted by molar-refractivity contribution is -0.128. The summed E-state index contributed by atoms with van der Waals surface area (Å²) < 4.78 is 0. The van der Waals surface area contributed by atoms with Crippen LogP contribution in [-0.4, -0.2) is 28.1 Å². The van der Waals surface area contributed by atoms with Crippen LogP contribution in [0.4, 0.5) is 0 Å². The molecular weight excluding hydrogens is 208 g/mol. The average Bonchev–Trinajstić information content (AvgIpc) is 2.57. The number of hydrogen-bond donors (Lipinski definition) is 0. The molecule has 4 heteroatoms. The number of nitrogens with zero attached hydrogens (tertiary/aromatic N) is 2. The van der Waals surface area contributed by atoms with Gasteiger partial charge in [-0.3, -0.25) is 9.78 Å². The summed E-state index contributed by atoms with van der Waals surface area (Å²) in [5, 5.41) is 0.247. The summed E-state index contributed by atoms with van der Waals surface area (Å²) >= 11 is 1.72. The van der Waals surface area contributed by atoms with Crippen LogP contribution in [0.25, 0.3) is 0 Å². The van der Waals surface area contributed by atoms with E-state index in [1.807, 2.05) is 30.3 Å². The fourth-order valence-electron chi connectivity index (χ4n) is 1.74. The molecule has 80 valence electrons. The lowest BCUT2D eigenvalue weighted by Crippen LogP contribution is -2.26. The topological polar surface area (TPSA) is 33.2 Å². The van der Waals surface area contributed by atoms with Crippen molar-refractivity contribution in [1.82, 2.24) is 9.88 Å². The summed E-state index contributed by atoms with van der Waals surface area (Å²) in [6, 6.07) is 3.93. The summed E-state index contributed by atoms with van der Waals surface area (Å²) in [5.41, 5.74) is 1.11. The van der Waals surface area contributed by atoms with Crippen LogP contribution in [0.5, 0.6) is 0 Å². The highest BCUT2D eigenvalue weighted by molar-refractivity contribution is 8.01. The second kappa shape index (κ2) is 4.23. The van der Waals surface area contributed by atoms with Crippen molar-refractivity contribution in [1.29, 1.82) is 0 Å². The molecule has 2 rings (SSSR count). The Kier molecular flexibility index (Phi) is 2.95. The Balaban J connectivity index is 2.22. The van der Waals surface area contributed by atoms with Gasteiger partial charge in [0, 0.05) is 25.0 Å². The Labute approximate surface area is 93.9 Å². The van der Waals surface area contributed by atoms with E-state index < -0.39 is 0 Å². The van der Waals surface area contributed by atoms with Gasteiger partial charge in [-0.2, -0.15) is 0 Å². The van der Waals surface area contributed by atoms with E-state index in [1.165, 1.54) is 0 Å². The van der Waals surface area contributed by atoms with Gasteiger partial charge in [0.25, 0.3) is 0 Å². The number of aromatic nitrogens is 1. The van der Waals surface area contributed by atoms with Crippen LogP contribution in [0.3, 0.4) is 0 Å². The van der Waals surface area contributed by atoms with Gasteiger partial charge in [0.2, 0.25) is 5.91 Å². The fourth-order valence-corrected chi connectivity index (χ4v) is 3.11. The highest BCUT2D eigenvalue weighted by atomic mass is 32.2. The van der Waals surface area contributed by atoms with Crippen molar-refractivity contribution in [3.63, 3.8) is 0 Å². The quantitative estimate of drug-likeness (QED) is 0.768. The number of amides is 1. The van der Waals surface area contributed by atoms with Gasteiger partial charge in [0.05, 0.1) is 5.25 Å². The standard InChI is InChI=1S/C11H14N2OS/c1-3-9-10(14)13(2)11(15-9)8-5-4-6-12-7-8/h4-7,9,11H,3H2,1-2H3/t9-,11-/m0/s1. The predicted molar refractivity (Wildman–Crippen MR) is 61.4 cm³/mol. The van der Waals surface area contributed by atoms with Gasteiger partial charge in [-0.15, -0.1) is 11.8 Å². The van der Waals surface area contributed by atoms with E-state index >= 15 is 0 Å². The summed E-state index contributed by atoms with van der Waals surface area (Å²) in [6.45, 7) is 2.05. The van der Waals surface area contributed by atoms with Gasteiger partial charge in [0.15, 0.2) is 0 Å². The van der Waals surface area contributed by atoms with Crippen molar-refractivity contribution >= 4 is 17.7 Å². The molecule has 1 aromatic heterocycles. The third-order valence-electron chi connectivity index (χ3n) is 2.61. The molecule has 2 heterocycles. The zero-order chi connectivity index (χ0) is 10.8. The van der Waals surface area contributed by atoms with Crippen molar-refractivity contribution in [2.75, 3.05) is 7.05 Å². The molecule has 1 fully saturated rings. The molecule has 15 heavy (non-hydrogen) atoms. The van der Waals surface area contributed by atoms with Crippen LogP contribution in [0, 0.1) is 0 Å². The first-order valence-electron chi connectivity index (χ1n) is 5.06. The normalized spacial score (nSPS) is 26.0. The van der Waals surface area contributed by atoms with Gasteiger partial charge in [0.1, 0.15) is 5.37 Å². The smallest absolute Gasteiger partial charge is 0.236 e. The largest absolute Gasteiger partial charge is 0.329 e. The minimum Gasteiger partial charge on any atom is -0.329 e. The Morgan fingerprint density at radius 2 is 2.40 bits per heavy atom. The van der Waals surface area contributed by atoms with Gasteiger partial charge >= 0.3 is 0 Å². The van der Waals surface area contributed by atoms with Crippen LogP contribution in [-0.2, 0) is 4.79 Å². The number of carbonyl (C=O) groups excluding carboxylic acids is 1. The van der Waals surface area contributed by atoms with Gasteiger partial charge in [-0.25, -0.2) is 0 Å². The van der Waals surface area contributed by atoms with E-state index in [4.69, 9.17) is 0 Å². The molecule has 0 unspecified atom stereocenters. The van der Waals surface area contributed by atoms with E-state index in [0.29, 0.717) is 0 Å². The van der Waals surface area contributed by atoms with Crippen LogP contribution < -0.4 is 0 Å². The summed E-state index contributed by atoms with van der Waals surface area (Å²) in [4.78, 5) is 17.7. The molecule has 1 amide bonds. The third-order valence-corrected chi connectivity index (χ3v) is 4.32. The Bertz CT molecular complexity index is 355. The lowest BCUT2D eigenvalue weighted by atomic mass is 10.2. The zero-order valence-corrected chi connectivity index (χ0v) is 9.70. The second-order valence-corrected chi connectivity index (χ2v) is 4.91. The molecule has 3 nitrogen and oxygen atoms in total. The van der Waals surface area contributed by atoms with Crippen molar-refractivity contribution in [2.24, 2.45) is 0 Å². The molecule has 0 bridgehead atoms. The zero-order valence-electron chi connectivity index (χ0n) is 8.88. The Morgan fingerprint density at radius 1 is 1.60 bits per heavy atom. The minimum absolute atomic E-state index is 0.111. The second-order valence-electron chi connectivity index (χ2n) is 3.62. The maximum Gasteiger partial charge on any atom is 0.236 e. The van der Waals surface area contributed by atoms with Crippen LogP contribution in [0.15, 0.2) is 24.5 Å². The van der Waals surface area contributed by atoms with Crippen LogP contribution in [0.2, 0.25) is 0 Å². The summed E-state index contributed by atoms with van der Waals surface area (Å²) in [7, 11) is 1.86. The minimum atomic E-state index is 0.111. The Hall–Kier alpha value is -1.03. The fraction of sp³-hybridized carbons (Fsp3) is 0.455. The maximum absolute atomic E-state index is 11.8. The third kappa shape index (κ3) is 1.86. The van der Waals surface area contributed by atoms with E-state index in [-0.39, 0.29) is 16.5 Å². The molecule has 0 spiro atoms. The number of rotatable bonds is 2.